The molecule has 7 heteroatoms. The van der Waals surface area contributed by atoms with Crippen LogP contribution in [0.15, 0.2) is 36.4 Å². The zero-order valence-corrected chi connectivity index (χ0v) is 16.5. The molecule has 0 saturated carbocycles. The van der Waals surface area contributed by atoms with E-state index in [-0.39, 0.29) is 17.5 Å². The SMILES string of the molecule is CCC(CNC(=O)c1cc(F)cc2[nH]c(=S)[nH]c12)N1CCc2ccccc2C1. The van der Waals surface area contributed by atoms with Gasteiger partial charge in [-0.05, 0) is 48.3 Å². The van der Waals surface area contributed by atoms with E-state index in [1.54, 1.807) is 0 Å². The lowest BCUT2D eigenvalue weighted by atomic mass is 9.98. The van der Waals surface area contributed by atoms with E-state index in [1.807, 2.05) is 0 Å². The topological polar surface area (TPSA) is 63.9 Å². The molecule has 2 aromatic carbocycles. The van der Waals surface area contributed by atoms with Crippen LogP contribution in [-0.2, 0) is 13.0 Å². The Kier molecular flexibility index (Phi) is 5.28. The first-order valence-electron chi connectivity index (χ1n) is 9.55. The van der Waals surface area contributed by atoms with Crippen LogP contribution in [0.25, 0.3) is 11.0 Å². The molecule has 2 heterocycles. The lowest BCUT2D eigenvalue weighted by Gasteiger charge is -2.35. The van der Waals surface area contributed by atoms with Crippen molar-refractivity contribution < 1.29 is 9.18 Å². The number of hydrogen-bond acceptors (Lipinski definition) is 3. The number of aromatic nitrogens is 2. The minimum Gasteiger partial charge on any atom is -0.350 e. The summed E-state index contributed by atoms with van der Waals surface area (Å²) in [6.45, 7) is 4.50. The number of halogens is 1. The number of amides is 1. The van der Waals surface area contributed by atoms with Gasteiger partial charge in [-0.2, -0.15) is 0 Å². The summed E-state index contributed by atoms with van der Waals surface area (Å²) in [5.74, 6) is -0.770. The average molecular weight is 399 g/mol. The van der Waals surface area contributed by atoms with Crippen molar-refractivity contribution in [2.45, 2.75) is 32.4 Å². The fraction of sp³-hybridized carbons (Fsp3) is 0.333. The molecule has 0 spiro atoms. The van der Waals surface area contributed by atoms with Crippen molar-refractivity contribution in [1.29, 1.82) is 0 Å². The van der Waals surface area contributed by atoms with Crippen LogP contribution in [0.4, 0.5) is 4.39 Å². The van der Waals surface area contributed by atoms with Gasteiger partial charge >= 0.3 is 0 Å². The maximum absolute atomic E-state index is 13.9. The molecule has 0 radical (unpaired) electrons. The zero-order valence-electron chi connectivity index (χ0n) is 15.7. The molecule has 146 valence electrons. The first-order chi connectivity index (χ1) is 13.5. The van der Waals surface area contributed by atoms with Gasteiger partial charge in [0.25, 0.3) is 5.91 Å². The molecule has 1 amide bonds. The van der Waals surface area contributed by atoms with E-state index >= 15 is 0 Å². The third-order valence-corrected chi connectivity index (χ3v) is 5.68. The fourth-order valence-corrected chi connectivity index (χ4v) is 4.16. The maximum atomic E-state index is 13.9. The summed E-state index contributed by atoms with van der Waals surface area (Å²) in [7, 11) is 0. The summed E-state index contributed by atoms with van der Waals surface area (Å²) in [6.07, 6.45) is 1.94. The summed E-state index contributed by atoms with van der Waals surface area (Å²) in [5, 5.41) is 2.98. The van der Waals surface area contributed by atoms with Crippen LogP contribution in [0.3, 0.4) is 0 Å². The predicted octanol–water partition coefficient (Wildman–Crippen LogP) is 3.93. The summed E-state index contributed by atoms with van der Waals surface area (Å²) in [4.78, 5) is 21.0. The molecule has 3 N–H and O–H groups in total. The number of nitrogens with zero attached hydrogens (tertiary/aromatic N) is 1. The van der Waals surface area contributed by atoms with Crippen LogP contribution in [0, 0.1) is 10.6 Å². The van der Waals surface area contributed by atoms with Gasteiger partial charge in [-0.15, -0.1) is 0 Å². The van der Waals surface area contributed by atoms with Crippen molar-refractivity contribution in [2.24, 2.45) is 0 Å². The highest BCUT2D eigenvalue weighted by Crippen LogP contribution is 2.22. The molecule has 0 aliphatic carbocycles. The third-order valence-electron chi connectivity index (χ3n) is 5.48. The van der Waals surface area contributed by atoms with Crippen molar-refractivity contribution in [1.82, 2.24) is 20.2 Å². The number of carbonyl (C=O) groups is 1. The van der Waals surface area contributed by atoms with Gasteiger partial charge in [-0.1, -0.05) is 31.2 Å². The highest BCUT2D eigenvalue weighted by molar-refractivity contribution is 7.71. The Morgan fingerprint density at radius 3 is 2.86 bits per heavy atom. The number of aromatic amines is 2. The Labute approximate surface area is 168 Å². The van der Waals surface area contributed by atoms with Gasteiger partial charge in [0.2, 0.25) is 0 Å². The molecule has 1 aliphatic heterocycles. The Hall–Kier alpha value is -2.51. The summed E-state index contributed by atoms with van der Waals surface area (Å²) >= 11 is 5.07. The Morgan fingerprint density at radius 2 is 2.07 bits per heavy atom. The monoisotopic (exact) mass is 398 g/mol. The zero-order chi connectivity index (χ0) is 19.7. The molecule has 1 aliphatic rings. The average Bonchev–Trinajstić information content (AvgIpc) is 3.07. The van der Waals surface area contributed by atoms with E-state index in [0.29, 0.717) is 22.3 Å². The van der Waals surface area contributed by atoms with Crippen LogP contribution in [0.1, 0.15) is 34.8 Å². The number of carbonyl (C=O) groups excluding carboxylic acids is 1. The lowest BCUT2D eigenvalue weighted by Crippen LogP contribution is -2.45. The second kappa shape index (κ2) is 7.85. The quantitative estimate of drug-likeness (QED) is 0.571. The molecule has 0 saturated heterocycles. The number of H-pyrrole nitrogens is 2. The Balaban J connectivity index is 1.48. The van der Waals surface area contributed by atoms with Gasteiger partial charge < -0.3 is 15.3 Å². The predicted molar refractivity (Wildman–Crippen MR) is 110 cm³/mol. The molecule has 0 bridgehead atoms. The van der Waals surface area contributed by atoms with E-state index in [0.717, 1.165) is 25.9 Å². The molecule has 5 nitrogen and oxygen atoms in total. The van der Waals surface area contributed by atoms with Crippen molar-refractivity contribution in [3.63, 3.8) is 0 Å². The van der Waals surface area contributed by atoms with Crippen LogP contribution in [0.5, 0.6) is 0 Å². The molecule has 1 atom stereocenters. The molecule has 1 aromatic heterocycles. The second-order valence-electron chi connectivity index (χ2n) is 7.22. The van der Waals surface area contributed by atoms with E-state index < -0.39 is 5.82 Å². The molecule has 4 rings (SSSR count). The van der Waals surface area contributed by atoms with Crippen molar-refractivity contribution in [3.05, 3.63) is 63.7 Å². The highest BCUT2D eigenvalue weighted by Gasteiger charge is 2.23. The molecule has 28 heavy (non-hydrogen) atoms. The van der Waals surface area contributed by atoms with E-state index in [4.69, 9.17) is 12.2 Å². The first-order valence-corrected chi connectivity index (χ1v) is 9.96. The van der Waals surface area contributed by atoms with E-state index in [2.05, 4.69) is 51.4 Å². The van der Waals surface area contributed by atoms with Crippen LogP contribution < -0.4 is 5.32 Å². The lowest BCUT2D eigenvalue weighted by molar-refractivity contribution is 0.0927. The highest BCUT2D eigenvalue weighted by atomic mass is 32.1. The van der Waals surface area contributed by atoms with E-state index in [9.17, 15) is 9.18 Å². The van der Waals surface area contributed by atoms with Crippen molar-refractivity contribution in [2.75, 3.05) is 13.1 Å². The van der Waals surface area contributed by atoms with E-state index in [1.165, 1.54) is 23.3 Å². The third kappa shape index (κ3) is 3.72. The Morgan fingerprint density at radius 1 is 1.29 bits per heavy atom. The summed E-state index contributed by atoms with van der Waals surface area (Å²) in [6, 6.07) is 11.3. The smallest absolute Gasteiger partial charge is 0.253 e. The van der Waals surface area contributed by atoms with Gasteiger partial charge in [0, 0.05) is 25.7 Å². The number of rotatable bonds is 5. The van der Waals surface area contributed by atoms with Crippen molar-refractivity contribution >= 4 is 29.2 Å². The minimum atomic E-state index is -0.470. The molecular formula is C21H23FN4OS. The normalized spacial score (nSPS) is 15.4. The fourth-order valence-electron chi connectivity index (χ4n) is 3.95. The number of imidazole rings is 1. The maximum Gasteiger partial charge on any atom is 0.253 e. The van der Waals surface area contributed by atoms with Crippen LogP contribution >= 0.6 is 12.2 Å². The number of nitrogens with one attached hydrogen (secondary N) is 3. The Bertz CT molecular complexity index is 1070. The van der Waals surface area contributed by atoms with Gasteiger partial charge in [-0.3, -0.25) is 9.69 Å². The van der Waals surface area contributed by atoms with Gasteiger partial charge in [0.1, 0.15) is 5.82 Å². The molecule has 3 aromatic rings. The van der Waals surface area contributed by atoms with Crippen LogP contribution in [-0.4, -0.2) is 39.9 Å². The molecule has 0 fully saturated rings. The largest absolute Gasteiger partial charge is 0.350 e. The van der Waals surface area contributed by atoms with Crippen LogP contribution in [0.2, 0.25) is 0 Å². The number of fused-ring (bicyclic) bond motifs is 2. The van der Waals surface area contributed by atoms with Crippen molar-refractivity contribution in [3.8, 4) is 0 Å². The minimum absolute atomic E-state index is 0.228. The molecule has 1 unspecified atom stereocenters. The standard InChI is InChI=1S/C21H23FN4OS/c1-2-16(26-8-7-13-5-3-4-6-14(13)12-26)11-23-20(27)17-9-15(22)10-18-19(17)25-21(28)24-18/h3-6,9-10,16H,2,7-8,11-12H2,1H3,(H,23,27)(H2,24,25,28). The number of hydrogen-bond donors (Lipinski definition) is 3. The second-order valence-corrected chi connectivity index (χ2v) is 7.62. The number of benzene rings is 2. The summed E-state index contributed by atoms with van der Waals surface area (Å²) < 4.78 is 14.3. The van der Waals surface area contributed by atoms with Gasteiger partial charge in [0.15, 0.2) is 4.77 Å². The first kappa shape index (κ1) is 18.8. The van der Waals surface area contributed by atoms with Gasteiger partial charge in [0.05, 0.1) is 16.6 Å². The van der Waals surface area contributed by atoms with Gasteiger partial charge in [-0.25, -0.2) is 4.39 Å². The molecular weight excluding hydrogens is 375 g/mol. The summed E-state index contributed by atoms with van der Waals surface area (Å²) in [5.41, 5.74) is 4.05.